The van der Waals surface area contributed by atoms with Gasteiger partial charge in [0.05, 0.1) is 16.8 Å². The highest BCUT2D eigenvalue weighted by molar-refractivity contribution is 6.04. The van der Waals surface area contributed by atoms with Crippen LogP contribution in [-0.4, -0.2) is 32.1 Å². The average Bonchev–Trinajstić information content (AvgIpc) is 3.31. The van der Waals surface area contributed by atoms with E-state index in [1.165, 1.54) is 6.07 Å². The molecule has 2 aromatic heterocycles. The number of rotatable bonds is 4. The highest BCUT2D eigenvalue weighted by atomic mass is 19.1. The molecule has 6 heteroatoms. The van der Waals surface area contributed by atoms with Gasteiger partial charge < -0.3 is 4.90 Å². The molecule has 3 heterocycles. The van der Waals surface area contributed by atoms with Crippen LogP contribution >= 0.6 is 0 Å². The van der Waals surface area contributed by atoms with Crippen molar-refractivity contribution in [1.82, 2.24) is 19.7 Å². The molecule has 0 aliphatic carbocycles. The number of hydrogen-bond acceptors (Lipinski definition) is 3. The van der Waals surface area contributed by atoms with E-state index in [1.807, 2.05) is 49.5 Å². The molecule has 2 aromatic carbocycles. The van der Waals surface area contributed by atoms with Gasteiger partial charge in [-0.3, -0.25) is 14.5 Å². The molecule has 0 radical (unpaired) electrons. The Hall–Kier alpha value is -3.54. The molecule has 1 aliphatic rings. The second-order valence-electron chi connectivity index (χ2n) is 7.26. The van der Waals surface area contributed by atoms with E-state index in [9.17, 15) is 9.18 Å². The fourth-order valence-corrected chi connectivity index (χ4v) is 3.97. The van der Waals surface area contributed by atoms with Crippen molar-refractivity contribution in [3.63, 3.8) is 0 Å². The van der Waals surface area contributed by atoms with Crippen LogP contribution in [0.15, 0.2) is 60.8 Å². The second kappa shape index (κ2) is 6.81. The SMILES string of the molecule is Cn1nccc1-c1ccc(F)c2c1C(=O)N(CCc1ccc3ccccc3n1)C2. The van der Waals surface area contributed by atoms with Gasteiger partial charge in [0.2, 0.25) is 0 Å². The number of nitrogens with zero attached hydrogens (tertiary/aromatic N) is 4. The van der Waals surface area contributed by atoms with Crippen molar-refractivity contribution in [2.24, 2.45) is 7.05 Å². The molecule has 0 saturated heterocycles. The Kier molecular flexibility index (Phi) is 4.12. The highest BCUT2D eigenvalue weighted by Crippen LogP contribution is 2.34. The summed E-state index contributed by atoms with van der Waals surface area (Å²) in [7, 11) is 1.81. The Bertz CT molecular complexity index is 1250. The minimum Gasteiger partial charge on any atom is -0.334 e. The smallest absolute Gasteiger partial charge is 0.255 e. The molecule has 0 N–H and O–H groups in total. The zero-order chi connectivity index (χ0) is 20.0. The molecule has 144 valence electrons. The van der Waals surface area contributed by atoms with Gasteiger partial charge in [-0.2, -0.15) is 5.10 Å². The van der Waals surface area contributed by atoms with Crippen LogP contribution < -0.4 is 0 Å². The first-order valence-corrected chi connectivity index (χ1v) is 9.55. The summed E-state index contributed by atoms with van der Waals surface area (Å²) in [5.41, 5.74) is 4.27. The maximum absolute atomic E-state index is 14.5. The number of fused-ring (bicyclic) bond motifs is 2. The number of aryl methyl sites for hydroxylation is 1. The largest absolute Gasteiger partial charge is 0.334 e. The normalized spacial score (nSPS) is 13.3. The lowest BCUT2D eigenvalue weighted by atomic mass is 10.00. The van der Waals surface area contributed by atoms with E-state index in [1.54, 1.807) is 21.8 Å². The number of halogens is 1. The van der Waals surface area contributed by atoms with Crippen LogP contribution in [0.2, 0.25) is 0 Å². The van der Waals surface area contributed by atoms with E-state index >= 15 is 0 Å². The van der Waals surface area contributed by atoms with E-state index in [2.05, 4.69) is 10.1 Å². The van der Waals surface area contributed by atoms with Crippen molar-refractivity contribution < 1.29 is 9.18 Å². The maximum Gasteiger partial charge on any atom is 0.255 e. The van der Waals surface area contributed by atoms with Gasteiger partial charge in [-0.1, -0.05) is 24.3 Å². The Labute approximate surface area is 167 Å². The van der Waals surface area contributed by atoms with E-state index in [0.717, 1.165) is 27.9 Å². The molecular formula is C23H19FN4O. The van der Waals surface area contributed by atoms with E-state index in [0.29, 0.717) is 24.1 Å². The third kappa shape index (κ3) is 2.97. The number of aromatic nitrogens is 3. The predicted molar refractivity (Wildman–Crippen MR) is 109 cm³/mol. The minimum atomic E-state index is -0.342. The van der Waals surface area contributed by atoms with Gasteiger partial charge in [0.1, 0.15) is 5.82 Å². The van der Waals surface area contributed by atoms with Crippen LogP contribution in [0.3, 0.4) is 0 Å². The molecule has 5 nitrogen and oxygen atoms in total. The minimum absolute atomic E-state index is 0.142. The Morgan fingerprint density at radius 3 is 2.76 bits per heavy atom. The molecule has 5 rings (SSSR count). The van der Waals surface area contributed by atoms with Crippen LogP contribution in [-0.2, 0) is 20.0 Å². The van der Waals surface area contributed by atoms with Crippen LogP contribution in [0, 0.1) is 5.82 Å². The van der Waals surface area contributed by atoms with E-state index < -0.39 is 0 Å². The number of benzene rings is 2. The number of carbonyl (C=O) groups is 1. The number of carbonyl (C=O) groups excluding carboxylic acids is 1. The molecule has 0 bridgehead atoms. The molecule has 1 aliphatic heterocycles. The summed E-state index contributed by atoms with van der Waals surface area (Å²) >= 11 is 0. The fourth-order valence-electron chi connectivity index (χ4n) is 3.97. The zero-order valence-corrected chi connectivity index (χ0v) is 16.0. The van der Waals surface area contributed by atoms with E-state index in [-0.39, 0.29) is 18.3 Å². The lowest BCUT2D eigenvalue weighted by molar-refractivity contribution is 0.0780. The molecule has 1 amide bonds. The molecule has 0 fully saturated rings. The number of pyridine rings is 1. The van der Waals surface area contributed by atoms with Gasteiger partial charge in [0.15, 0.2) is 0 Å². The highest BCUT2D eigenvalue weighted by Gasteiger charge is 2.33. The first-order chi connectivity index (χ1) is 14.1. The van der Waals surface area contributed by atoms with Crippen molar-refractivity contribution in [1.29, 1.82) is 0 Å². The Morgan fingerprint density at radius 1 is 1.07 bits per heavy atom. The van der Waals surface area contributed by atoms with Crippen LogP contribution in [0.4, 0.5) is 4.39 Å². The van der Waals surface area contributed by atoms with Gasteiger partial charge in [-0.15, -0.1) is 0 Å². The van der Waals surface area contributed by atoms with Gasteiger partial charge in [0, 0.05) is 55.0 Å². The Morgan fingerprint density at radius 2 is 1.93 bits per heavy atom. The van der Waals surface area contributed by atoms with Crippen LogP contribution in [0.5, 0.6) is 0 Å². The topological polar surface area (TPSA) is 51.0 Å². The molecule has 0 spiro atoms. The monoisotopic (exact) mass is 386 g/mol. The summed E-state index contributed by atoms with van der Waals surface area (Å²) in [6.45, 7) is 0.766. The second-order valence-corrected chi connectivity index (χ2v) is 7.26. The lowest BCUT2D eigenvalue weighted by Crippen LogP contribution is -2.26. The Balaban J connectivity index is 1.42. The first kappa shape index (κ1) is 17.6. The van der Waals surface area contributed by atoms with Crippen molar-refractivity contribution in [3.8, 4) is 11.3 Å². The standard InChI is InChI=1S/C23H19FN4O/c1-27-21(10-12-25-27)17-8-9-19(24)18-14-28(23(29)22(17)18)13-11-16-7-6-15-4-2-3-5-20(15)26-16/h2-10,12H,11,13-14H2,1H3. The molecule has 29 heavy (non-hydrogen) atoms. The third-order valence-corrected chi connectivity index (χ3v) is 5.50. The quantitative estimate of drug-likeness (QED) is 0.533. The first-order valence-electron chi connectivity index (χ1n) is 9.55. The summed E-state index contributed by atoms with van der Waals surface area (Å²) < 4.78 is 16.2. The van der Waals surface area contributed by atoms with Crippen molar-refractivity contribution in [2.45, 2.75) is 13.0 Å². The number of hydrogen-bond donors (Lipinski definition) is 0. The number of para-hydroxylation sites is 1. The van der Waals surface area contributed by atoms with Gasteiger partial charge in [-0.25, -0.2) is 4.39 Å². The average molecular weight is 386 g/mol. The van der Waals surface area contributed by atoms with Gasteiger partial charge in [-0.05, 0) is 30.3 Å². The molecule has 4 aromatic rings. The molecule has 0 atom stereocenters. The summed E-state index contributed by atoms with van der Waals surface area (Å²) in [4.78, 5) is 19.5. The van der Waals surface area contributed by atoms with Crippen LogP contribution in [0.25, 0.3) is 22.2 Å². The van der Waals surface area contributed by atoms with Gasteiger partial charge >= 0.3 is 0 Å². The molecular weight excluding hydrogens is 367 g/mol. The summed E-state index contributed by atoms with van der Waals surface area (Å²) in [5.74, 6) is -0.484. The number of amides is 1. The zero-order valence-electron chi connectivity index (χ0n) is 16.0. The fraction of sp³-hybridized carbons (Fsp3) is 0.174. The van der Waals surface area contributed by atoms with Crippen molar-refractivity contribution in [3.05, 3.63) is 83.4 Å². The summed E-state index contributed by atoms with van der Waals surface area (Å²) in [6, 6.07) is 16.9. The summed E-state index contributed by atoms with van der Waals surface area (Å²) in [6.07, 6.45) is 2.29. The summed E-state index contributed by atoms with van der Waals surface area (Å²) in [5, 5.41) is 5.26. The maximum atomic E-state index is 14.5. The molecule has 0 unspecified atom stereocenters. The van der Waals surface area contributed by atoms with Crippen LogP contribution in [0.1, 0.15) is 21.6 Å². The van der Waals surface area contributed by atoms with Gasteiger partial charge in [0.25, 0.3) is 5.91 Å². The van der Waals surface area contributed by atoms with Crippen molar-refractivity contribution in [2.75, 3.05) is 6.54 Å². The van der Waals surface area contributed by atoms with Crippen molar-refractivity contribution >= 4 is 16.8 Å². The molecule has 0 saturated carbocycles. The third-order valence-electron chi connectivity index (χ3n) is 5.50. The predicted octanol–water partition coefficient (Wildman–Crippen LogP) is 3.97. The van der Waals surface area contributed by atoms with E-state index in [4.69, 9.17) is 0 Å². The lowest BCUT2D eigenvalue weighted by Gasteiger charge is -2.15.